The number of carbonyl (C=O) groups excluding carboxylic acids is 3. The molecule has 1 fully saturated rings. The summed E-state index contributed by atoms with van der Waals surface area (Å²) in [4.78, 5) is 42.0. The number of hydrogen-bond acceptors (Lipinski definition) is 5. The number of rotatable bonds is 7. The highest BCUT2D eigenvalue weighted by atomic mass is 16.5. The first-order chi connectivity index (χ1) is 18.2. The van der Waals surface area contributed by atoms with Gasteiger partial charge >= 0.3 is 0 Å². The van der Waals surface area contributed by atoms with Gasteiger partial charge in [-0.25, -0.2) is 4.68 Å². The van der Waals surface area contributed by atoms with Gasteiger partial charge in [-0.2, -0.15) is 5.10 Å². The van der Waals surface area contributed by atoms with E-state index < -0.39 is 5.91 Å². The number of methoxy groups -OCH3 is 1. The Morgan fingerprint density at radius 3 is 2.24 bits per heavy atom. The molecule has 198 valence electrons. The number of hydrogen-bond donors (Lipinski definition) is 1. The summed E-state index contributed by atoms with van der Waals surface area (Å²) < 4.78 is 6.74. The summed E-state index contributed by atoms with van der Waals surface area (Å²) in [7, 11) is 5.17. The van der Waals surface area contributed by atoms with Crippen molar-refractivity contribution < 1.29 is 19.1 Å². The summed E-state index contributed by atoms with van der Waals surface area (Å²) >= 11 is 0. The molecule has 2 aromatic carbocycles. The molecule has 1 aliphatic heterocycles. The summed E-state index contributed by atoms with van der Waals surface area (Å²) in [6, 6.07) is 15.2. The molecule has 0 unspecified atom stereocenters. The zero-order chi connectivity index (χ0) is 27.0. The molecule has 9 heteroatoms. The van der Waals surface area contributed by atoms with Crippen LogP contribution in [0.4, 0.5) is 5.69 Å². The van der Waals surface area contributed by atoms with Gasteiger partial charge in [-0.15, -0.1) is 0 Å². The van der Waals surface area contributed by atoms with Crippen LogP contribution in [0.5, 0.6) is 5.75 Å². The van der Waals surface area contributed by atoms with Crippen molar-refractivity contribution in [2.45, 2.75) is 43.9 Å². The van der Waals surface area contributed by atoms with Gasteiger partial charge in [0.25, 0.3) is 11.8 Å². The molecule has 38 heavy (non-hydrogen) atoms. The Bertz CT molecular complexity index is 1370. The van der Waals surface area contributed by atoms with Crippen LogP contribution < -0.4 is 15.4 Å². The fourth-order valence-electron chi connectivity index (χ4n) is 5.78. The number of fused-ring (bicyclic) bond motifs is 1. The van der Waals surface area contributed by atoms with Gasteiger partial charge in [-0.3, -0.25) is 14.4 Å². The van der Waals surface area contributed by atoms with Gasteiger partial charge in [0.1, 0.15) is 11.4 Å². The van der Waals surface area contributed by atoms with E-state index in [1.165, 1.54) is 4.68 Å². The molecule has 3 amide bonds. The van der Waals surface area contributed by atoms with Crippen molar-refractivity contribution >= 4 is 23.4 Å². The fraction of sp³-hybridized carbons (Fsp3) is 0.379. The molecule has 3 aromatic rings. The van der Waals surface area contributed by atoms with Crippen LogP contribution in [-0.4, -0.2) is 60.2 Å². The van der Waals surface area contributed by atoms with E-state index in [1.54, 1.807) is 55.3 Å². The van der Waals surface area contributed by atoms with Crippen LogP contribution in [-0.2, 0) is 16.6 Å². The van der Waals surface area contributed by atoms with Crippen molar-refractivity contribution in [2.75, 3.05) is 32.6 Å². The summed E-state index contributed by atoms with van der Waals surface area (Å²) in [6.45, 7) is 0.407. The minimum absolute atomic E-state index is 0.118. The van der Waals surface area contributed by atoms with E-state index in [4.69, 9.17) is 10.5 Å². The maximum absolute atomic E-state index is 13.8. The van der Waals surface area contributed by atoms with Gasteiger partial charge in [-0.05, 0) is 61.2 Å². The topological polar surface area (TPSA) is 111 Å². The lowest BCUT2D eigenvalue weighted by Gasteiger charge is -2.32. The molecule has 0 saturated heterocycles. The molecule has 5 rings (SSSR count). The first-order valence-corrected chi connectivity index (χ1v) is 12.9. The maximum Gasteiger partial charge on any atom is 0.277 e. The highest BCUT2D eigenvalue weighted by molar-refractivity contribution is 6.09. The molecule has 0 bridgehead atoms. The zero-order valence-corrected chi connectivity index (χ0v) is 22.1. The molecule has 2 heterocycles. The van der Waals surface area contributed by atoms with Gasteiger partial charge in [0.05, 0.1) is 12.8 Å². The van der Waals surface area contributed by atoms with E-state index in [2.05, 4.69) is 17.2 Å². The molecule has 2 N–H and O–H groups in total. The van der Waals surface area contributed by atoms with Crippen molar-refractivity contribution in [3.8, 4) is 11.4 Å². The van der Waals surface area contributed by atoms with Gasteiger partial charge in [-0.1, -0.05) is 25.0 Å². The van der Waals surface area contributed by atoms with E-state index in [0.29, 0.717) is 42.1 Å². The van der Waals surface area contributed by atoms with E-state index in [1.807, 2.05) is 12.1 Å². The monoisotopic (exact) mass is 515 g/mol. The predicted molar refractivity (Wildman–Crippen MR) is 144 cm³/mol. The third kappa shape index (κ3) is 4.42. The molecule has 0 atom stereocenters. The Kier molecular flexibility index (Phi) is 6.69. The second kappa shape index (κ2) is 9.96. The molecule has 2 aliphatic rings. The summed E-state index contributed by atoms with van der Waals surface area (Å²) in [6.07, 6.45) is 5.12. The van der Waals surface area contributed by atoms with Gasteiger partial charge in [0.2, 0.25) is 5.91 Å². The van der Waals surface area contributed by atoms with Crippen LogP contribution >= 0.6 is 0 Å². The number of ether oxygens (including phenoxy) is 1. The average Bonchev–Trinajstić information content (AvgIpc) is 3.55. The molecule has 0 spiro atoms. The van der Waals surface area contributed by atoms with Crippen molar-refractivity contribution in [3.63, 3.8) is 0 Å². The lowest BCUT2D eigenvalue weighted by Crippen LogP contribution is -2.39. The molecular formula is C29H33N5O4. The number of benzene rings is 2. The van der Waals surface area contributed by atoms with Crippen molar-refractivity contribution in [1.29, 1.82) is 0 Å². The van der Waals surface area contributed by atoms with E-state index in [-0.39, 0.29) is 22.9 Å². The molecule has 0 radical (unpaired) electrons. The Balaban J connectivity index is 1.47. The minimum atomic E-state index is -0.659. The maximum atomic E-state index is 13.8. The van der Waals surface area contributed by atoms with Crippen molar-refractivity contribution in [1.82, 2.24) is 14.7 Å². The molecule has 9 nitrogen and oxygen atoms in total. The van der Waals surface area contributed by atoms with Gasteiger partial charge in [0, 0.05) is 43.7 Å². The van der Waals surface area contributed by atoms with Crippen LogP contribution in [0.25, 0.3) is 5.69 Å². The third-order valence-corrected chi connectivity index (χ3v) is 7.91. The first kappa shape index (κ1) is 25.5. The number of aromatic nitrogens is 2. The van der Waals surface area contributed by atoms with Crippen molar-refractivity contribution in [2.24, 2.45) is 5.73 Å². The number of nitrogens with zero attached hydrogens (tertiary/aromatic N) is 4. The smallest absolute Gasteiger partial charge is 0.277 e. The van der Waals surface area contributed by atoms with Gasteiger partial charge in [0.15, 0.2) is 5.69 Å². The number of nitrogens with two attached hydrogens (primary N) is 1. The molecule has 1 aromatic heterocycles. The zero-order valence-electron chi connectivity index (χ0n) is 22.1. The second-order valence-corrected chi connectivity index (χ2v) is 10.4. The van der Waals surface area contributed by atoms with E-state index in [0.717, 1.165) is 36.9 Å². The summed E-state index contributed by atoms with van der Waals surface area (Å²) in [5, 5.41) is 4.43. The quantitative estimate of drug-likeness (QED) is 0.518. The van der Waals surface area contributed by atoms with Crippen LogP contribution in [0.1, 0.15) is 64.2 Å². The Labute approximate surface area is 222 Å². The normalized spacial score (nSPS) is 16.3. The lowest BCUT2D eigenvalue weighted by molar-refractivity contribution is -0.130. The van der Waals surface area contributed by atoms with E-state index in [9.17, 15) is 14.4 Å². The minimum Gasteiger partial charge on any atom is -0.497 e. The number of anilines is 1. The summed E-state index contributed by atoms with van der Waals surface area (Å²) in [5.74, 6) is -0.0987. The first-order valence-electron chi connectivity index (χ1n) is 12.9. The number of carbonyl (C=O) groups is 3. The fourth-order valence-corrected chi connectivity index (χ4v) is 5.78. The lowest BCUT2D eigenvalue weighted by atomic mass is 9.75. The largest absolute Gasteiger partial charge is 0.497 e. The molecule has 1 aliphatic carbocycles. The van der Waals surface area contributed by atoms with Crippen LogP contribution in [0, 0.1) is 0 Å². The highest BCUT2D eigenvalue weighted by Crippen LogP contribution is 2.44. The van der Waals surface area contributed by atoms with Gasteiger partial charge < -0.3 is 20.3 Å². The van der Waals surface area contributed by atoms with Crippen LogP contribution in [0.2, 0.25) is 0 Å². The molecular weight excluding hydrogens is 482 g/mol. The SMILES string of the molecule is COc1ccc(-n2nc(C(N)=O)c3c2C(=O)N(c2ccc(C4(CC(=O)N(C)C)CCCC4)cc2)CC3)cc1. The average molecular weight is 516 g/mol. The Hall–Kier alpha value is -4.14. The van der Waals surface area contributed by atoms with E-state index >= 15 is 0 Å². The van der Waals surface area contributed by atoms with Crippen LogP contribution in [0.15, 0.2) is 48.5 Å². The van der Waals surface area contributed by atoms with Crippen molar-refractivity contribution in [3.05, 3.63) is 71.0 Å². The second-order valence-electron chi connectivity index (χ2n) is 10.4. The predicted octanol–water partition coefficient (Wildman–Crippen LogP) is 3.47. The Morgan fingerprint density at radius 2 is 1.66 bits per heavy atom. The third-order valence-electron chi connectivity index (χ3n) is 7.91. The Morgan fingerprint density at radius 1 is 1.03 bits per heavy atom. The summed E-state index contributed by atoms with van der Waals surface area (Å²) in [5.41, 5.74) is 9.01. The number of amides is 3. The standard InChI is InChI=1S/C29H33N5O4/c1-32(2)24(35)18-29(15-4-5-16-29)19-6-8-20(9-7-19)33-17-14-23-25(27(30)36)31-34(26(23)28(33)37)21-10-12-22(38-3)13-11-21/h6-13H,4-5,14-18H2,1-3H3,(H2,30,36). The number of primary amides is 1. The molecule has 1 saturated carbocycles. The highest BCUT2D eigenvalue weighted by Gasteiger charge is 2.39. The van der Waals surface area contributed by atoms with Crippen LogP contribution in [0.3, 0.4) is 0 Å².